The summed E-state index contributed by atoms with van der Waals surface area (Å²) in [6, 6.07) is 3.33. The van der Waals surface area contributed by atoms with E-state index in [1.54, 1.807) is 18.3 Å². The molecule has 0 bridgehead atoms. The Balaban J connectivity index is 2.19. The molecule has 0 aromatic carbocycles. The predicted octanol–water partition coefficient (Wildman–Crippen LogP) is 0.388. The van der Waals surface area contributed by atoms with Crippen molar-refractivity contribution < 1.29 is 9.90 Å². The van der Waals surface area contributed by atoms with Crippen LogP contribution in [0.4, 0.5) is 5.82 Å². The van der Waals surface area contributed by atoms with Crippen LogP contribution in [-0.4, -0.2) is 34.7 Å². The predicted molar refractivity (Wildman–Crippen MR) is 64.8 cm³/mol. The summed E-state index contributed by atoms with van der Waals surface area (Å²) in [6.45, 7) is 4.93. The molecule has 0 atom stereocenters. The van der Waals surface area contributed by atoms with Gasteiger partial charge < -0.3 is 15.7 Å². The van der Waals surface area contributed by atoms with Gasteiger partial charge in [0.25, 0.3) is 5.91 Å². The number of anilines is 1. The quantitative estimate of drug-likeness (QED) is 0.794. The summed E-state index contributed by atoms with van der Waals surface area (Å²) in [4.78, 5) is 17.3. The van der Waals surface area contributed by atoms with Crippen molar-refractivity contribution >= 4 is 11.7 Å². The Labute approximate surface area is 100 Å². The number of β-amino-alcohol motifs (C(OH)–C–C–N with tert-alkyl or cyclic N) is 1. The molecule has 0 unspecified atom stereocenters. The summed E-state index contributed by atoms with van der Waals surface area (Å²) in [5.74, 6) is 0.248. The van der Waals surface area contributed by atoms with E-state index in [0.29, 0.717) is 24.5 Å². The summed E-state index contributed by atoms with van der Waals surface area (Å²) in [6.07, 6.45) is 1.62. The highest BCUT2D eigenvalue weighted by Gasteiger charge is 2.44. The monoisotopic (exact) mass is 235 g/mol. The standard InChI is InChI=1S/C12H17N3O2/c1-8(2)12(17)6-15(7-12)11-9(10(13)16)4-3-5-14-11/h3-5,8,17H,6-7H2,1-2H3,(H2,13,16). The minimum absolute atomic E-state index is 0.180. The summed E-state index contributed by atoms with van der Waals surface area (Å²) < 4.78 is 0. The van der Waals surface area contributed by atoms with Gasteiger partial charge in [-0.1, -0.05) is 13.8 Å². The van der Waals surface area contributed by atoms with Crippen molar-refractivity contribution in [2.45, 2.75) is 19.4 Å². The molecule has 0 aliphatic carbocycles. The average Bonchev–Trinajstić information content (AvgIpc) is 2.24. The van der Waals surface area contributed by atoms with E-state index < -0.39 is 11.5 Å². The molecule has 1 amide bonds. The average molecular weight is 235 g/mol. The Hall–Kier alpha value is -1.62. The molecule has 5 heteroatoms. The topological polar surface area (TPSA) is 79.4 Å². The van der Waals surface area contributed by atoms with Crippen molar-refractivity contribution in [3.63, 3.8) is 0 Å². The number of primary amides is 1. The number of nitrogens with zero attached hydrogens (tertiary/aromatic N) is 2. The first-order chi connectivity index (χ1) is 7.94. The molecule has 92 valence electrons. The minimum atomic E-state index is -0.688. The lowest BCUT2D eigenvalue weighted by molar-refractivity contribution is -0.0305. The highest BCUT2D eigenvalue weighted by atomic mass is 16.3. The number of carbonyl (C=O) groups is 1. The number of pyridine rings is 1. The molecular formula is C12H17N3O2. The lowest BCUT2D eigenvalue weighted by Gasteiger charge is -2.49. The zero-order valence-corrected chi connectivity index (χ0v) is 10.1. The van der Waals surface area contributed by atoms with E-state index in [0.717, 1.165) is 0 Å². The van der Waals surface area contributed by atoms with Crippen molar-refractivity contribution in [2.24, 2.45) is 11.7 Å². The fourth-order valence-corrected chi connectivity index (χ4v) is 1.97. The van der Waals surface area contributed by atoms with Gasteiger partial charge in [-0.2, -0.15) is 0 Å². The number of rotatable bonds is 3. The van der Waals surface area contributed by atoms with Crippen molar-refractivity contribution in [1.82, 2.24) is 4.98 Å². The van der Waals surface area contributed by atoms with Crippen LogP contribution in [0.25, 0.3) is 0 Å². The molecule has 1 saturated heterocycles. The van der Waals surface area contributed by atoms with Crippen LogP contribution in [0.3, 0.4) is 0 Å². The Kier molecular flexibility index (Phi) is 2.79. The van der Waals surface area contributed by atoms with Crippen LogP contribution in [-0.2, 0) is 0 Å². The van der Waals surface area contributed by atoms with Crippen LogP contribution < -0.4 is 10.6 Å². The van der Waals surface area contributed by atoms with E-state index in [9.17, 15) is 9.90 Å². The maximum atomic E-state index is 11.3. The highest BCUT2D eigenvalue weighted by Crippen LogP contribution is 2.33. The number of nitrogens with two attached hydrogens (primary N) is 1. The van der Waals surface area contributed by atoms with E-state index in [1.807, 2.05) is 18.7 Å². The normalized spacial score (nSPS) is 18.0. The van der Waals surface area contributed by atoms with E-state index in [4.69, 9.17) is 5.73 Å². The minimum Gasteiger partial charge on any atom is -0.386 e. The fraction of sp³-hybridized carbons (Fsp3) is 0.500. The van der Waals surface area contributed by atoms with E-state index in [1.165, 1.54) is 0 Å². The molecule has 0 radical (unpaired) electrons. The second kappa shape index (κ2) is 4.00. The van der Waals surface area contributed by atoms with Gasteiger partial charge in [-0.15, -0.1) is 0 Å². The van der Waals surface area contributed by atoms with Crippen LogP contribution in [0.2, 0.25) is 0 Å². The number of carbonyl (C=O) groups excluding carboxylic acids is 1. The Morgan fingerprint density at radius 2 is 2.24 bits per heavy atom. The third-order valence-electron chi connectivity index (χ3n) is 3.36. The molecule has 1 aliphatic rings. The van der Waals surface area contributed by atoms with Crippen LogP contribution in [0.5, 0.6) is 0 Å². The van der Waals surface area contributed by atoms with Gasteiger partial charge in [0, 0.05) is 6.20 Å². The Bertz CT molecular complexity index is 439. The Morgan fingerprint density at radius 1 is 1.59 bits per heavy atom. The summed E-state index contributed by atoms with van der Waals surface area (Å²) in [7, 11) is 0. The molecule has 0 saturated carbocycles. The van der Waals surface area contributed by atoms with E-state index in [-0.39, 0.29) is 5.92 Å². The molecule has 2 heterocycles. The molecule has 1 fully saturated rings. The first-order valence-electron chi connectivity index (χ1n) is 5.66. The molecule has 3 N–H and O–H groups in total. The number of aromatic nitrogens is 1. The maximum absolute atomic E-state index is 11.3. The van der Waals surface area contributed by atoms with Gasteiger partial charge >= 0.3 is 0 Å². The van der Waals surface area contributed by atoms with Crippen LogP contribution in [0.1, 0.15) is 24.2 Å². The first kappa shape index (κ1) is 11.9. The molecule has 17 heavy (non-hydrogen) atoms. The molecule has 1 aliphatic heterocycles. The molecular weight excluding hydrogens is 218 g/mol. The fourth-order valence-electron chi connectivity index (χ4n) is 1.97. The summed E-state index contributed by atoms with van der Waals surface area (Å²) in [5.41, 5.74) is 5.00. The van der Waals surface area contributed by atoms with Crippen molar-refractivity contribution in [3.8, 4) is 0 Å². The molecule has 1 aromatic heterocycles. The number of aliphatic hydroxyl groups is 1. The van der Waals surface area contributed by atoms with E-state index >= 15 is 0 Å². The van der Waals surface area contributed by atoms with Gasteiger partial charge in [0.15, 0.2) is 0 Å². The van der Waals surface area contributed by atoms with Crippen molar-refractivity contribution in [3.05, 3.63) is 23.9 Å². The van der Waals surface area contributed by atoms with Crippen LogP contribution in [0, 0.1) is 5.92 Å². The number of hydrogen-bond donors (Lipinski definition) is 2. The third kappa shape index (κ3) is 1.98. The molecule has 2 rings (SSSR count). The number of hydrogen-bond acceptors (Lipinski definition) is 4. The largest absolute Gasteiger partial charge is 0.386 e. The first-order valence-corrected chi connectivity index (χ1v) is 5.66. The molecule has 1 aromatic rings. The van der Waals surface area contributed by atoms with Gasteiger partial charge in [0.2, 0.25) is 0 Å². The van der Waals surface area contributed by atoms with Gasteiger partial charge in [-0.25, -0.2) is 4.98 Å². The van der Waals surface area contributed by atoms with E-state index in [2.05, 4.69) is 4.98 Å². The lowest BCUT2D eigenvalue weighted by Crippen LogP contribution is -2.65. The smallest absolute Gasteiger partial charge is 0.252 e. The van der Waals surface area contributed by atoms with Crippen LogP contribution >= 0.6 is 0 Å². The zero-order chi connectivity index (χ0) is 12.6. The van der Waals surface area contributed by atoms with Crippen molar-refractivity contribution in [2.75, 3.05) is 18.0 Å². The van der Waals surface area contributed by atoms with Gasteiger partial charge in [-0.05, 0) is 18.1 Å². The highest BCUT2D eigenvalue weighted by molar-refractivity contribution is 5.97. The second-order valence-electron chi connectivity index (χ2n) is 4.85. The Morgan fingerprint density at radius 3 is 2.76 bits per heavy atom. The molecule has 5 nitrogen and oxygen atoms in total. The lowest BCUT2D eigenvalue weighted by atomic mass is 9.83. The van der Waals surface area contributed by atoms with Gasteiger partial charge in [0.1, 0.15) is 11.4 Å². The zero-order valence-electron chi connectivity index (χ0n) is 10.1. The number of amides is 1. The second-order valence-corrected chi connectivity index (χ2v) is 4.85. The van der Waals surface area contributed by atoms with Crippen LogP contribution in [0.15, 0.2) is 18.3 Å². The molecule has 0 spiro atoms. The maximum Gasteiger partial charge on any atom is 0.252 e. The van der Waals surface area contributed by atoms with Crippen molar-refractivity contribution in [1.29, 1.82) is 0 Å². The van der Waals surface area contributed by atoms with Gasteiger partial charge in [0.05, 0.1) is 18.7 Å². The summed E-state index contributed by atoms with van der Waals surface area (Å²) >= 11 is 0. The van der Waals surface area contributed by atoms with Gasteiger partial charge in [-0.3, -0.25) is 4.79 Å². The third-order valence-corrected chi connectivity index (χ3v) is 3.36. The SMILES string of the molecule is CC(C)C1(O)CN(c2ncccc2C(N)=O)C1. The summed E-state index contributed by atoms with van der Waals surface area (Å²) in [5, 5.41) is 10.2.